The summed E-state index contributed by atoms with van der Waals surface area (Å²) in [5, 5.41) is 0. The third-order valence-corrected chi connectivity index (χ3v) is 4.78. The molecule has 0 spiro atoms. The number of hydrogen-bond donors (Lipinski definition) is 0. The first-order valence-corrected chi connectivity index (χ1v) is 8.71. The second-order valence-corrected chi connectivity index (χ2v) is 7.03. The Morgan fingerprint density at radius 2 is 1.00 bits per heavy atom. The van der Waals surface area contributed by atoms with E-state index in [9.17, 15) is 0 Å². The lowest BCUT2D eigenvalue weighted by Crippen LogP contribution is -1.96. The maximum absolute atomic E-state index is 2.36. The summed E-state index contributed by atoms with van der Waals surface area (Å²) in [6, 6.07) is 22.5. The fourth-order valence-corrected chi connectivity index (χ4v) is 3.38. The Labute approximate surface area is 146 Å². The molecule has 0 N–H and O–H groups in total. The zero-order chi connectivity index (χ0) is 17.1. The molecule has 0 unspecified atom stereocenters. The minimum atomic E-state index is 1.01. The van der Waals surface area contributed by atoms with Crippen molar-refractivity contribution >= 4 is 0 Å². The van der Waals surface area contributed by atoms with Crippen LogP contribution in [0.1, 0.15) is 44.5 Å². The average molecular weight is 314 g/mol. The van der Waals surface area contributed by atoms with E-state index in [-0.39, 0.29) is 0 Å². The van der Waals surface area contributed by atoms with Gasteiger partial charge in [0.25, 0.3) is 0 Å². The van der Waals surface area contributed by atoms with Gasteiger partial charge in [-0.25, -0.2) is 0 Å². The Morgan fingerprint density at radius 3 is 1.42 bits per heavy atom. The largest absolute Gasteiger partial charge is 0.0617 e. The highest BCUT2D eigenvalue weighted by molar-refractivity contribution is 5.39. The van der Waals surface area contributed by atoms with Crippen LogP contribution in [0.25, 0.3) is 0 Å². The van der Waals surface area contributed by atoms with Crippen LogP contribution >= 0.6 is 0 Å². The van der Waals surface area contributed by atoms with E-state index in [1.807, 2.05) is 0 Å². The first kappa shape index (κ1) is 16.5. The van der Waals surface area contributed by atoms with Gasteiger partial charge in [0, 0.05) is 0 Å². The van der Waals surface area contributed by atoms with Gasteiger partial charge in [-0.2, -0.15) is 0 Å². The van der Waals surface area contributed by atoms with Crippen molar-refractivity contribution in [2.24, 2.45) is 0 Å². The SMILES string of the molecule is Cc1ccc(Cc2cccc(Cc3ccc(C)cc3C)c2)c(C)c1. The molecule has 0 radical (unpaired) electrons. The van der Waals surface area contributed by atoms with E-state index in [1.54, 1.807) is 0 Å². The van der Waals surface area contributed by atoms with Crippen molar-refractivity contribution in [1.82, 2.24) is 0 Å². The predicted molar refractivity (Wildman–Crippen MR) is 104 cm³/mol. The molecular weight excluding hydrogens is 288 g/mol. The molecule has 3 aromatic rings. The average Bonchev–Trinajstić information content (AvgIpc) is 2.53. The van der Waals surface area contributed by atoms with Crippen molar-refractivity contribution in [3.05, 3.63) is 105 Å². The minimum absolute atomic E-state index is 1.01. The Kier molecular flexibility index (Phi) is 4.85. The molecule has 0 heterocycles. The highest BCUT2D eigenvalue weighted by Crippen LogP contribution is 2.19. The van der Waals surface area contributed by atoms with Crippen molar-refractivity contribution in [2.75, 3.05) is 0 Å². The van der Waals surface area contributed by atoms with Crippen LogP contribution in [0.4, 0.5) is 0 Å². The fraction of sp³-hybridized carbons (Fsp3) is 0.250. The summed E-state index contributed by atoms with van der Waals surface area (Å²) in [5.74, 6) is 0. The molecule has 0 fully saturated rings. The molecular formula is C24H26. The fourth-order valence-electron chi connectivity index (χ4n) is 3.38. The van der Waals surface area contributed by atoms with E-state index in [2.05, 4.69) is 88.4 Å². The standard InChI is InChI=1S/C24H26/c1-17-8-10-23(19(3)12-17)15-21-6-5-7-22(14-21)16-24-11-9-18(2)13-20(24)4/h5-14H,15-16H2,1-4H3. The molecule has 0 saturated carbocycles. The van der Waals surface area contributed by atoms with Gasteiger partial charge in [0.1, 0.15) is 0 Å². The molecule has 0 saturated heterocycles. The van der Waals surface area contributed by atoms with Gasteiger partial charge in [-0.1, -0.05) is 71.8 Å². The van der Waals surface area contributed by atoms with Crippen LogP contribution < -0.4 is 0 Å². The minimum Gasteiger partial charge on any atom is -0.0617 e. The van der Waals surface area contributed by atoms with Crippen LogP contribution in [0.5, 0.6) is 0 Å². The number of hydrogen-bond acceptors (Lipinski definition) is 0. The van der Waals surface area contributed by atoms with Crippen LogP contribution in [0.2, 0.25) is 0 Å². The molecule has 24 heavy (non-hydrogen) atoms. The maximum atomic E-state index is 2.36. The molecule has 3 aromatic carbocycles. The molecule has 122 valence electrons. The van der Waals surface area contributed by atoms with Crippen molar-refractivity contribution in [1.29, 1.82) is 0 Å². The van der Waals surface area contributed by atoms with E-state index in [0.717, 1.165) is 12.8 Å². The lowest BCUT2D eigenvalue weighted by Gasteiger charge is -2.10. The van der Waals surface area contributed by atoms with E-state index < -0.39 is 0 Å². The Morgan fingerprint density at radius 1 is 0.542 bits per heavy atom. The van der Waals surface area contributed by atoms with Crippen molar-refractivity contribution < 1.29 is 0 Å². The summed E-state index contributed by atoms with van der Waals surface area (Å²) in [7, 11) is 0. The van der Waals surface area contributed by atoms with Crippen molar-refractivity contribution in [2.45, 2.75) is 40.5 Å². The molecule has 0 heteroatoms. The van der Waals surface area contributed by atoms with Crippen LogP contribution in [0.3, 0.4) is 0 Å². The van der Waals surface area contributed by atoms with Crippen LogP contribution in [0.15, 0.2) is 60.7 Å². The van der Waals surface area contributed by atoms with Gasteiger partial charge in [-0.3, -0.25) is 0 Å². The van der Waals surface area contributed by atoms with E-state index in [4.69, 9.17) is 0 Å². The maximum Gasteiger partial charge on any atom is -0.00230 e. The zero-order valence-electron chi connectivity index (χ0n) is 15.2. The predicted octanol–water partition coefficient (Wildman–Crippen LogP) is 6.10. The summed E-state index contributed by atoms with van der Waals surface area (Å²) < 4.78 is 0. The second-order valence-electron chi connectivity index (χ2n) is 7.03. The summed E-state index contributed by atoms with van der Waals surface area (Å²) in [4.78, 5) is 0. The highest BCUT2D eigenvalue weighted by Gasteiger charge is 2.04. The van der Waals surface area contributed by atoms with Gasteiger partial charge < -0.3 is 0 Å². The van der Waals surface area contributed by atoms with Gasteiger partial charge in [-0.05, 0) is 73.9 Å². The smallest absolute Gasteiger partial charge is 0.00230 e. The van der Waals surface area contributed by atoms with E-state index in [0.29, 0.717) is 0 Å². The molecule has 0 amide bonds. The quantitative estimate of drug-likeness (QED) is 0.545. The normalized spacial score (nSPS) is 10.8. The van der Waals surface area contributed by atoms with Crippen molar-refractivity contribution in [3.63, 3.8) is 0 Å². The van der Waals surface area contributed by atoms with Crippen LogP contribution in [-0.4, -0.2) is 0 Å². The number of aryl methyl sites for hydroxylation is 4. The molecule has 0 aliphatic carbocycles. The molecule has 0 aliphatic rings. The van der Waals surface area contributed by atoms with Crippen LogP contribution in [0, 0.1) is 27.7 Å². The third-order valence-electron chi connectivity index (χ3n) is 4.78. The van der Waals surface area contributed by atoms with Gasteiger partial charge in [0.2, 0.25) is 0 Å². The molecule has 0 nitrogen and oxygen atoms in total. The lowest BCUT2D eigenvalue weighted by molar-refractivity contribution is 1.11. The van der Waals surface area contributed by atoms with Gasteiger partial charge in [0.05, 0.1) is 0 Å². The topological polar surface area (TPSA) is 0 Å². The third kappa shape index (κ3) is 3.94. The Balaban J connectivity index is 1.81. The first-order chi connectivity index (χ1) is 11.5. The summed E-state index contributed by atoms with van der Waals surface area (Å²) >= 11 is 0. The summed E-state index contributed by atoms with van der Waals surface area (Å²) in [6.07, 6.45) is 2.01. The van der Waals surface area contributed by atoms with E-state index in [1.165, 1.54) is 44.5 Å². The molecule has 0 bridgehead atoms. The highest BCUT2D eigenvalue weighted by atomic mass is 14.1. The second kappa shape index (κ2) is 7.05. The van der Waals surface area contributed by atoms with Crippen LogP contribution in [-0.2, 0) is 12.8 Å². The molecule has 0 atom stereocenters. The first-order valence-electron chi connectivity index (χ1n) is 8.71. The lowest BCUT2D eigenvalue weighted by atomic mass is 9.95. The van der Waals surface area contributed by atoms with Gasteiger partial charge in [0.15, 0.2) is 0 Å². The van der Waals surface area contributed by atoms with E-state index >= 15 is 0 Å². The molecule has 0 aliphatic heterocycles. The summed E-state index contributed by atoms with van der Waals surface area (Å²) in [6.45, 7) is 8.73. The number of rotatable bonds is 4. The molecule has 0 aromatic heterocycles. The zero-order valence-corrected chi connectivity index (χ0v) is 15.2. The van der Waals surface area contributed by atoms with Crippen molar-refractivity contribution in [3.8, 4) is 0 Å². The monoisotopic (exact) mass is 314 g/mol. The number of benzene rings is 3. The van der Waals surface area contributed by atoms with Gasteiger partial charge >= 0.3 is 0 Å². The molecule has 3 rings (SSSR count). The summed E-state index contributed by atoms with van der Waals surface area (Å²) in [5.41, 5.74) is 11.1. The van der Waals surface area contributed by atoms with Gasteiger partial charge in [-0.15, -0.1) is 0 Å². The Hall–Kier alpha value is -2.34. The Bertz CT molecular complexity index is 787.